The van der Waals surface area contributed by atoms with E-state index in [-0.39, 0.29) is 6.42 Å². The molecule has 1 aromatic rings. The summed E-state index contributed by atoms with van der Waals surface area (Å²) in [4.78, 5) is 10.6. The summed E-state index contributed by atoms with van der Waals surface area (Å²) in [5.74, 6) is -0.899. The Balaban J connectivity index is 2.31. The van der Waals surface area contributed by atoms with Gasteiger partial charge in [0.25, 0.3) is 0 Å². The number of hydrogen-bond acceptors (Lipinski definition) is 2. The van der Waals surface area contributed by atoms with Gasteiger partial charge in [0.2, 0.25) is 5.78 Å². The summed E-state index contributed by atoms with van der Waals surface area (Å²) < 4.78 is 41.4. The van der Waals surface area contributed by atoms with Crippen LogP contribution >= 0.6 is 0 Å². The van der Waals surface area contributed by atoms with Crippen molar-refractivity contribution in [1.29, 1.82) is 0 Å². The van der Waals surface area contributed by atoms with E-state index in [1.54, 1.807) is 0 Å². The third-order valence-corrected chi connectivity index (χ3v) is 2.77. The molecule has 0 aromatic heterocycles. The van der Waals surface area contributed by atoms with E-state index in [0.717, 1.165) is 16.9 Å². The third kappa shape index (κ3) is 4.93. The molecule has 0 radical (unpaired) electrons. The van der Waals surface area contributed by atoms with Gasteiger partial charge in [-0.25, -0.2) is 0 Å². The van der Waals surface area contributed by atoms with Crippen molar-refractivity contribution < 1.29 is 22.7 Å². The topological polar surface area (TPSA) is 26.3 Å². The maximum absolute atomic E-state index is 11.9. The molecule has 0 aliphatic heterocycles. The van der Waals surface area contributed by atoms with Crippen molar-refractivity contribution in [1.82, 2.24) is 0 Å². The van der Waals surface area contributed by atoms with Gasteiger partial charge in [0.15, 0.2) is 0 Å². The number of aryl methyl sites for hydroxylation is 2. The SMILES string of the molecule is Cc1cccc(C)c1OCCCCC(=O)C(F)(F)F. The number of Topliss-reactive ketones (excluding diaryl/α,β-unsaturated/α-hetero) is 1. The molecule has 0 amide bonds. The van der Waals surface area contributed by atoms with Crippen LogP contribution in [0.4, 0.5) is 13.2 Å². The van der Waals surface area contributed by atoms with Crippen LogP contribution in [0, 0.1) is 13.8 Å². The highest BCUT2D eigenvalue weighted by Crippen LogP contribution is 2.23. The number of alkyl halides is 3. The van der Waals surface area contributed by atoms with Crippen LogP contribution in [0.1, 0.15) is 30.4 Å². The predicted molar refractivity (Wildman–Crippen MR) is 66.3 cm³/mol. The van der Waals surface area contributed by atoms with Crippen molar-refractivity contribution in [3.63, 3.8) is 0 Å². The van der Waals surface area contributed by atoms with Crippen LogP contribution in [-0.2, 0) is 4.79 Å². The van der Waals surface area contributed by atoms with E-state index in [1.165, 1.54) is 0 Å². The minimum absolute atomic E-state index is 0.184. The smallest absolute Gasteiger partial charge is 0.449 e. The summed E-state index contributed by atoms with van der Waals surface area (Å²) in [6.45, 7) is 4.14. The second kappa shape index (κ2) is 6.59. The number of benzene rings is 1. The number of rotatable bonds is 6. The number of unbranched alkanes of at least 4 members (excludes halogenated alkanes) is 1. The Morgan fingerprint density at radius 3 is 2.26 bits per heavy atom. The average molecular weight is 274 g/mol. The van der Waals surface area contributed by atoms with Gasteiger partial charge in [-0.15, -0.1) is 0 Å². The second-order valence-corrected chi connectivity index (χ2v) is 4.45. The molecule has 0 atom stereocenters. The Morgan fingerprint density at radius 1 is 1.16 bits per heavy atom. The van der Waals surface area contributed by atoms with Gasteiger partial charge in [-0.1, -0.05) is 18.2 Å². The van der Waals surface area contributed by atoms with Gasteiger partial charge in [-0.3, -0.25) is 4.79 Å². The molecule has 0 saturated heterocycles. The number of hydrogen-bond donors (Lipinski definition) is 0. The van der Waals surface area contributed by atoms with Crippen LogP contribution in [0.3, 0.4) is 0 Å². The van der Waals surface area contributed by atoms with Crippen molar-refractivity contribution in [3.8, 4) is 5.75 Å². The maximum Gasteiger partial charge on any atom is 0.449 e. The summed E-state index contributed by atoms with van der Waals surface area (Å²) in [6, 6.07) is 5.74. The molecule has 0 fully saturated rings. The molecular weight excluding hydrogens is 257 g/mol. The fourth-order valence-corrected chi connectivity index (χ4v) is 1.73. The lowest BCUT2D eigenvalue weighted by molar-refractivity contribution is -0.171. The molecule has 0 spiro atoms. The number of carbonyl (C=O) groups is 1. The highest BCUT2D eigenvalue weighted by atomic mass is 19.4. The third-order valence-electron chi connectivity index (χ3n) is 2.77. The van der Waals surface area contributed by atoms with E-state index in [4.69, 9.17) is 4.74 Å². The Bertz CT molecular complexity index is 419. The highest BCUT2D eigenvalue weighted by Gasteiger charge is 2.37. The minimum Gasteiger partial charge on any atom is -0.493 e. The normalized spacial score (nSPS) is 11.4. The van der Waals surface area contributed by atoms with Crippen LogP contribution < -0.4 is 4.74 Å². The van der Waals surface area contributed by atoms with Crippen molar-refractivity contribution in [3.05, 3.63) is 29.3 Å². The molecule has 2 nitrogen and oxygen atoms in total. The van der Waals surface area contributed by atoms with Crippen LogP contribution in [0.2, 0.25) is 0 Å². The van der Waals surface area contributed by atoms with E-state index in [1.807, 2.05) is 32.0 Å². The Morgan fingerprint density at radius 2 is 1.74 bits per heavy atom. The van der Waals surface area contributed by atoms with Crippen LogP contribution in [0.15, 0.2) is 18.2 Å². The van der Waals surface area contributed by atoms with E-state index in [0.29, 0.717) is 13.0 Å². The molecule has 19 heavy (non-hydrogen) atoms. The summed E-state index contributed by atoms with van der Waals surface area (Å²) in [6.07, 6.45) is -4.58. The second-order valence-electron chi connectivity index (χ2n) is 4.45. The van der Waals surface area contributed by atoms with Crippen LogP contribution in [0.5, 0.6) is 5.75 Å². The van der Waals surface area contributed by atoms with Gasteiger partial charge in [0.1, 0.15) is 5.75 Å². The standard InChI is InChI=1S/C14H17F3O2/c1-10-6-5-7-11(2)13(10)19-9-4-3-8-12(18)14(15,16)17/h5-7H,3-4,8-9H2,1-2H3. The first-order chi connectivity index (χ1) is 8.82. The molecule has 0 saturated carbocycles. The van der Waals surface area contributed by atoms with Gasteiger partial charge in [-0.05, 0) is 37.8 Å². The fraction of sp³-hybridized carbons (Fsp3) is 0.500. The van der Waals surface area contributed by atoms with Crippen molar-refractivity contribution >= 4 is 5.78 Å². The van der Waals surface area contributed by atoms with Crippen LogP contribution in [-0.4, -0.2) is 18.6 Å². The Kier molecular flexibility index (Phi) is 5.39. The van der Waals surface area contributed by atoms with Crippen LogP contribution in [0.25, 0.3) is 0 Å². The first kappa shape index (κ1) is 15.5. The molecule has 0 N–H and O–H groups in total. The Labute approximate surface area is 110 Å². The van der Waals surface area contributed by atoms with E-state index >= 15 is 0 Å². The first-order valence-electron chi connectivity index (χ1n) is 6.11. The summed E-state index contributed by atoms with van der Waals surface area (Å²) in [5.41, 5.74) is 1.98. The van der Waals surface area contributed by atoms with Gasteiger partial charge in [0.05, 0.1) is 6.61 Å². The van der Waals surface area contributed by atoms with Crippen molar-refractivity contribution in [2.75, 3.05) is 6.61 Å². The minimum atomic E-state index is -4.71. The molecule has 0 aliphatic carbocycles. The lowest BCUT2D eigenvalue weighted by Crippen LogP contribution is -2.22. The number of halogens is 3. The predicted octanol–water partition coefficient (Wildman–Crippen LogP) is 3.98. The number of ketones is 1. The first-order valence-corrected chi connectivity index (χ1v) is 6.11. The highest BCUT2D eigenvalue weighted by molar-refractivity contribution is 5.83. The monoisotopic (exact) mass is 274 g/mol. The molecule has 1 rings (SSSR count). The molecule has 1 aromatic carbocycles. The molecule has 0 unspecified atom stereocenters. The summed E-state index contributed by atoms with van der Waals surface area (Å²) >= 11 is 0. The summed E-state index contributed by atoms with van der Waals surface area (Å²) in [7, 11) is 0. The number of para-hydroxylation sites is 1. The molecule has 0 bridgehead atoms. The molecule has 0 heterocycles. The zero-order chi connectivity index (χ0) is 14.5. The fourth-order valence-electron chi connectivity index (χ4n) is 1.73. The van der Waals surface area contributed by atoms with Crippen molar-refractivity contribution in [2.45, 2.75) is 39.3 Å². The largest absolute Gasteiger partial charge is 0.493 e. The van der Waals surface area contributed by atoms with Gasteiger partial charge in [0, 0.05) is 6.42 Å². The molecule has 106 valence electrons. The Hall–Kier alpha value is -1.52. The number of ether oxygens (including phenoxy) is 1. The maximum atomic E-state index is 11.9. The molecule has 5 heteroatoms. The lowest BCUT2D eigenvalue weighted by atomic mass is 10.1. The van der Waals surface area contributed by atoms with E-state index in [9.17, 15) is 18.0 Å². The average Bonchev–Trinajstić information content (AvgIpc) is 2.30. The zero-order valence-corrected chi connectivity index (χ0v) is 11.0. The van der Waals surface area contributed by atoms with Gasteiger partial charge >= 0.3 is 6.18 Å². The van der Waals surface area contributed by atoms with E-state index < -0.39 is 18.4 Å². The van der Waals surface area contributed by atoms with Gasteiger partial charge in [-0.2, -0.15) is 13.2 Å². The van der Waals surface area contributed by atoms with Gasteiger partial charge < -0.3 is 4.74 Å². The lowest BCUT2D eigenvalue weighted by Gasteiger charge is -2.11. The number of carbonyl (C=O) groups excluding carboxylic acids is 1. The van der Waals surface area contributed by atoms with E-state index in [2.05, 4.69) is 0 Å². The summed E-state index contributed by atoms with van der Waals surface area (Å²) in [5, 5.41) is 0. The molecule has 0 aliphatic rings. The quantitative estimate of drug-likeness (QED) is 0.733. The molecular formula is C14H17F3O2. The van der Waals surface area contributed by atoms with Crippen molar-refractivity contribution in [2.24, 2.45) is 0 Å². The zero-order valence-electron chi connectivity index (χ0n) is 11.0.